The molecule has 0 bridgehead atoms. The van der Waals surface area contributed by atoms with Crippen LogP contribution in [0.25, 0.3) is 5.57 Å². The molecule has 1 heterocycles. The summed E-state index contributed by atoms with van der Waals surface area (Å²) in [6, 6.07) is 0. The topological polar surface area (TPSA) is 4.93 Å². The third-order valence-electron chi connectivity index (χ3n) is 4.69. The van der Waals surface area contributed by atoms with E-state index < -0.39 is 0 Å². The van der Waals surface area contributed by atoms with E-state index in [-0.39, 0.29) is 0 Å². The van der Waals surface area contributed by atoms with Gasteiger partial charge in [0.25, 0.3) is 0 Å². The molecule has 0 fully saturated rings. The van der Waals surface area contributed by atoms with E-state index in [1.165, 1.54) is 28.1 Å². The fourth-order valence-electron chi connectivity index (χ4n) is 2.55. The van der Waals surface area contributed by atoms with Crippen molar-refractivity contribution in [2.24, 2.45) is 24.8 Å². The Bertz CT molecular complexity index is 447. The number of hydrogen-bond donors (Lipinski definition) is 0. The van der Waals surface area contributed by atoms with Crippen LogP contribution in [0.15, 0.2) is 6.08 Å². The first-order valence-electron chi connectivity index (χ1n) is 7.53. The van der Waals surface area contributed by atoms with Crippen molar-refractivity contribution in [3.63, 3.8) is 0 Å². The zero-order chi connectivity index (χ0) is 14.9. The molecule has 0 saturated carbocycles. The summed E-state index contributed by atoms with van der Waals surface area (Å²) in [4.78, 5) is 0. The van der Waals surface area contributed by atoms with Gasteiger partial charge in [0.2, 0.25) is 0 Å². The van der Waals surface area contributed by atoms with Crippen LogP contribution in [-0.2, 0) is 7.05 Å². The van der Waals surface area contributed by atoms with Crippen molar-refractivity contribution in [2.45, 2.75) is 55.4 Å². The maximum Gasteiger partial charge on any atom is 0.0470 e. The van der Waals surface area contributed by atoms with Gasteiger partial charge in [-0.1, -0.05) is 40.7 Å². The van der Waals surface area contributed by atoms with Crippen molar-refractivity contribution in [3.05, 3.63) is 28.6 Å². The highest BCUT2D eigenvalue weighted by Crippen LogP contribution is 2.32. The molecule has 108 valence electrons. The molecule has 19 heavy (non-hydrogen) atoms. The van der Waals surface area contributed by atoms with Gasteiger partial charge in [0.1, 0.15) is 0 Å². The van der Waals surface area contributed by atoms with Crippen LogP contribution in [-0.4, -0.2) is 4.57 Å². The Morgan fingerprint density at radius 1 is 0.947 bits per heavy atom. The third-order valence-corrected chi connectivity index (χ3v) is 4.69. The van der Waals surface area contributed by atoms with Crippen molar-refractivity contribution >= 4 is 5.57 Å². The van der Waals surface area contributed by atoms with Gasteiger partial charge in [-0.15, -0.1) is 0 Å². The van der Waals surface area contributed by atoms with E-state index in [2.05, 4.69) is 73.1 Å². The smallest absolute Gasteiger partial charge is 0.0470 e. The first kappa shape index (κ1) is 16.1. The van der Waals surface area contributed by atoms with Crippen molar-refractivity contribution < 1.29 is 0 Å². The highest BCUT2D eigenvalue weighted by molar-refractivity contribution is 5.69. The van der Waals surface area contributed by atoms with Gasteiger partial charge in [0, 0.05) is 18.4 Å². The summed E-state index contributed by atoms with van der Waals surface area (Å²) >= 11 is 0. The lowest BCUT2D eigenvalue weighted by atomic mass is 9.89. The van der Waals surface area contributed by atoms with Crippen LogP contribution < -0.4 is 0 Å². The number of rotatable bonds is 4. The van der Waals surface area contributed by atoms with Gasteiger partial charge in [-0.25, -0.2) is 0 Å². The molecule has 1 atom stereocenters. The van der Waals surface area contributed by atoms with Gasteiger partial charge in [-0.3, -0.25) is 0 Å². The second-order valence-corrected chi connectivity index (χ2v) is 6.62. The summed E-state index contributed by atoms with van der Waals surface area (Å²) in [6.07, 6.45) is 2.48. The van der Waals surface area contributed by atoms with Crippen LogP contribution >= 0.6 is 0 Å². The molecule has 0 aliphatic rings. The zero-order valence-electron chi connectivity index (χ0n) is 14.3. The Balaban J connectivity index is 3.41. The zero-order valence-corrected chi connectivity index (χ0v) is 14.3. The maximum absolute atomic E-state index is 2.48. The molecular weight excluding hydrogens is 230 g/mol. The summed E-state index contributed by atoms with van der Waals surface area (Å²) < 4.78 is 2.36. The highest BCUT2D eigenvalue weighted by Gasteiger charge is 2.19. The number of allylic oxidation sites excluding steroid dienone is 2. The van der Waals surface area contributed by atoms with E-state index in [1.54, 1.807) is 0 Å². The second-order valence-electron chi connectivity index (χ2n) is 6.62. The normalized spacial score (nSPS) is 14.6. The van der Waals surface area contributed by atoms with E-state index in [4.69, 9.17) is 0 Å². The van der Waals surface area contributed by atoms with Crippen molar-refractivity contribution in [3.8, 4) is 0 Å². The summed E-state index contributed by atoms with van der Waals surface area (Å²) in [5.74, 6) is 1.87. The summed E-state index contributed by atoms with van der Waals surface area (Å²) in [7, 11) is 2.20. The molecule has 0 aromatic carbocycles. The predicted molar refractivity (Wildman–Crippen MR) is 86.4 cm³/mol. The minimum absolute atomic E-state index is 0.562. The Kier molecular flexibility index (Phi) is 5.06. The van der Waals surface area contributed by atoms with Crippen LogP contribution in [0, 0.1) is 38.5 Å². The average molecular weight is 261 g/mol. The molecule has 0 saturated heterocycles. The molecular formula is C18H31N. The van der Waals surface area contributed by atoms with Gasteiger partial charge in [-0.2, -0.15) is 0 Å². The molecule has 1 unspecified atom stereocenters. The molecule has 0 radical (unpaired) electrons. The van der Waals surface area contributed by atoms with Crippen LogP contribution in [0.3, 0.4) is 0 Å². The van der Waals surface area contributed by atoms with Crippen molar-refractivity contribution in [1.82, 2.24) is 4.57 Å². The number of nitrogens with zero attached hydrogens (tertiary/aromatic N) is 1. The second kappa shape index (κ2) is 5.98. The Labute approximate surface area is 119 Å². The van der Waals surface area contributed by atoms with Crippen LogP contribution in [0.4, 0.5) is 0 Å². The van der Waals surface area contributed by atoms with E-state index >= 15 is 0 Å². The van der Waals surface area contributed by atoms with E-state index in [0.29, 0.717) is 17.8 Å². The van der Waals surface area contributed by atoms with Crippen LogP contribution in [0.2, 0.25) is 0 Å². The molecule has 1 aromatic rings. The minimum Gasteiger partial charge on any atom is -0.348 e. The van der Waals surface area contributed by atoms with Crippen LogP contribution in [0.1, 0.15) is 57.1 Å². The SMILES string of the molecule is Cc1c(C)c(/C(=C\C(C)C(C)C)C(C)C)n(C)c1C. The molecule has 0 N–H and O–H groups in total. The van der Waals surface area contributed by atoms with Gasteiger partial charge < -0.3 is 4.57 Å². The lowest BCUT2D eigenvalue weighted by molar-refractivity contribution is 0.503. The Morgan fingerprint density at radius 3 is 1.79 bits per heavy atom. The maximum atomic E-state index is 2.48. The first-order valence-corrected chi connectivity index (χ1v) is 7.53. The van der Waals surface area contributed by atoms with Crippen LogP contribution in [0.5, 0.6) is 0 Å². The van der Waals surface area contributed by atoms with Crippen molar-refractivity contribution in [1.29, 1.82) is 0 Å². The van der Waals surface area contributed by atoms with Gasteiger partial charge in [0.15, 0.2) is 0 Å². The van der Waals surface area contributed by atoms with Crippen molar-refractivity contribution in [2.75, 3.05) is 0 Å². The van der Waals surface area contributed by atoms with Gasteiger partial charge in [-0.05, 0) is 55.2 Å². The van der Waals surface area contributed by atoms with Gasteiger partial charge in [0.05, 0.1) is 0 Å². The largest absolute Gasteiger partial charge is 0.348 e. The molecule has 1 rings (SSSR count). The molecule has 1 aromatic heterocycles. The summed E-state index contributed by atoms with van der Waals surface area (Å²) in [5.41, 5.74) is 7.18. The Hall–Kier alpha value is -0.980. The molecule has 1 heteroatoms. The third kappa shape index (κ3) is 3.13. The standard InChI is InChI=1S/C18H31N/c1-11(2)13(5)10-17(12(3)4)18-15(7)14(6)16(8)19(18)9/h10-13H,1-9H3/b17-10-. The molecule has 0 aliphatic heterocycles. The monoisotopic (exact) mass is 261 g/mol. The lowest BCUT2D eigenvalue weighted by Crippen LogP contribution is -2.07. The first-order chi connectivity index (χ1) is 8.68. The van der Waals surface area contributed by atoms with E-state index in [1.807, 2.05) is 0 Å². The molecule has 0 aliphatic carbocycles. The highest BCUT2D eigenvalue weighted by atomic mass is 15.0. The molecule has 0 spiro atoms. The predicted octanol–water partition coefficient (Wildman–Crippen LogP) is 5.28. The quantitative estimate of drug-likeness (QED) is 0.694. The lowest BCUT2D eigenvalue weighted by Gasteiger charge is -2.19. The molecule has 1 nitrogen and oxygen atoms in total. The average Bonchev–Trinajstić information content (AvgIpc) is 2.51. The van der Waals surface area contributed by atoms with Gasteiger partial charge >= 0.3 is 0 Å². The van der Waals surface area contributed by atoms with E-state index in [0.717, 1.165) is 0 Å². The molecule has 0 amide bonds. The fraction of sp³-hybridized carbons (Fsp3) is 0.667. The summed E-state index contributed by atoms with van der Waals surface area (Å²) in [5, 5.41) is 0. The summed E-state index contributed by atoms with van der Waals surface area (Å²) in [6.45, 7) is 18.2. The Morgan fingerprint density at radius 2 is 1.47 bits per heavy atom. The minimum atomic E-state index is 0.562. The number of aromatic nitrogens is 1. The number of hydrogen-bond acceptors (Lipinski definition) is 0. The fourth-order valence-corrected chi connectivity index (χ4v) is 2.55. The van der Waals surface area contributed by atoms with E-state index in [9.17, 15) is 0 Å².